The van der Waals surface area contributed by atoms with E-state index < -0.39 is 23.4 Å². The minimum absolute atomic E-state index is 0.138. The fraction of sp³-hybridized carbons (Fsp3) is 0.778. The third-order valence-corrected chi connectivity index (χ3v) is 3.37. The normalized spacial score (nSPS) is 39.7. The lowest BCUT2D eigenvalue weighted by molar-refractivity contribution is -0.157. The van der Waals surface area contributed by atoms with Gasteiger partial charge < -0.3 is 20.8 Å². The first-order valence-electron chi connectivity index (χ1n) is 4.95. The molecule has 2 aliphatic heterocycles. The molecule has 2 aliphatic rings. The van der Waals surface area contributed by atoms with Crippen molar-refractivity contribution in [3.8, 4) is 0 Å². The predicted molar refractivity (Wildman–Crippen MR) is 50.5 cm³/mol. The van der Waals surface area contributed by atoms with E-state index in [2.05, 4.69) is 10.6 Å². The zero-order valence-corrected chi connectivity index (χ0v) is 8.19. The van der Waals surface area contributed by atoms with Gasteiger partial charge in [-0.15, -0.1) is 0 Å². The molecule has 4 N–H and O–H groups in total. The average Bonchev–Trinajstić information content (AvgIpc) is 2.17. The molecule has 0 saturated carbocycles. The van der Waals surface area contributed by atoms with Crippen LogP contribution in [0.25, 0.3) is 0 Å². The van der Waals surface area contributed by atoms with Crippen LogP contribution in [0, 0.1) is 11.3 Å². The number of aliphatic carboxylic acids is 2. The summed E-state index contributed by atoms with van der Waals surface area (Å²) in [7, 11) is 0. The summed E-state index contributed by atoms with van der Waals surface area (Å²) in [5, 5.41) is 23.9. The van der Waals surface area contributed by atoms with Crippen molar-refractivity contribution in [2.24, 2.45) is 11.3 Å². The summed E-state index contributed by atoms with van der Waals surface area (Å²) in [6.07, 6.45) is 0.444. The van der Waals surface area contributed by atoms with Crippen molar-refractivity contribution in [1.82, 2.24) is 10.6 Å². The van der Waals surface area contributed by atoms with Gasteiger partial charge in [-0.05, 0) is 12.3 Å². The van der Waals surface area contributed by atoms with Gasteiger partial charge in [-0.2, -0.15) is 0 Å². The van der Waals surface area contributed by atoms with Gasteiger partial charge in [0.2, 0.25) is 0 Å². The highest BCUT2D eigenvalue weighted by Gasteiger charge is 2.50. The number of carboxylic acid groups (broad SMARTS) is 2. The lowest BCUT2D eigenvalue weighted by Crippen LogP contribution is -2.65. The highest BCUT2D eigenvalue weighted by Crippen LogP contribution is 2.34. The molecule has 0 aromatic rings. The largest absolute Gasteiger partial charge is 0.481 e. The second kappa shape index (κ2) is 3.46. The number of fused-ring (bicyclic) bond motifs is 2. The monoisotopic (exact) mass is 214 g/mol. The van der Waals surface area contributed by atoms with Crippen LogP contribution in [0.5, 0.6) is 0 Å². The molecule has 0 amide bonds. The van der Waals surface area contributed by atoms with Gasteiger partial charge in [0.15, 0.2) is 0 Å². The molecule has 2 fully saturated rings. The van der Waals surface area contributed by atoms with E-state index in [0.717, 1.165) is 0 Å². The van der Waals surface area contributed by atoms with Crippen LogP contribution < -0.4 is 10.6 Å². The maximum absolute atomic E-state index is 11.1. The summed E-state index contributed by atoms with van der Waals surface area (Å²) in [5.41, 5.74) is -0.825. The van der Waals surface area contributed by atoms with Crippen molar-refractivity contribution in [2.45, 2.75) is 12.5 Å². The minimum Gasteiger partial charge on any atom is -0.481 e. The van der Waals surface area contributed by atoms with Gasteiger partial charge in [0.25, 0.3) is 0 Å². The quantitative estimate of drug-likeness (QED) is 0.457. The molecular weight excluding hydrogens is 200 g/mol. The molecule has 2 heterocycles. The van der Waals surface area contributed by atoms with E-state index in [1.54, 1.807) is 0 Å². The van der Waals surface area contributed by atoms with Crippen LogP contribution in [0.1, 0.15) is 6.42 Å². The summed E-state index contributed by atoms with van der Waals surface area (Å²) in [6, 6.07) is -0.620. The van der Waals surface area contributed by atoms with Crippen LogP contribution >= 0.6 is 0 Å². The Labute approximate surface area is 86.7 Å². The number of carbonyl (C=O) groups is 2. The fourth-order valence-corrected chi connectivity index (χ4v) is 2.51. The molecule has 0 aromatic heterocycles. The molecule has 0 radical (unpaired) electrons. The van der Waals surface area contributed by atoms with Gasteiger partial charge in [-0.25, -0.2) is 0 Å². The molecule has 2 saturated heterocycles. The van der Waals surface area contributed by atoms with Gasteiger partial charge in [0.1, 0.15) is 6.04 Å². The first-order chi connectivity index (χ1) is 7.05. The summed E-state index contributed by atoms with van der Waals surface area (Å²) in [5.74, 6) is -1.89. The van der Waals surface area contributed by atoms with E-state index >= 15 is 0 Å². The lowest BCUT2D eigenvalue weighted by Gasteiger charge is -2.45. The zero-order chi connectivity index (χ0) is 11.1. The molecular formula is C9H14N2O4. The fourth-order valence-electron chi connectivity index (χ4n) is 2.51. The van der Waals surface area contributed by atoms with E-state index in [-0.39, 0.29) is 12.5 Å². The third-order valence-electron chi connectivity index (χ3n) is 3.37. The SMILES string of the molecule is O=C(O)C1NCC2(C(=O)O)CNCC1C2. The molecule has 6 nitrogen and oxygen atoms in total. The van der Waals surface area contributed by atoms with Crippen molar-refractivity contribution in [3.05, 3.63) is 0 Å². The van der Waals surface area contributed by atoms with Crippen LogP contribution in [0.2, 0.25) is 0 Å². The Morgan fingerprint density at radius 2 is 2.00 bits per heavy atom. The third kappa shape index (κ3) is 1.59. The number of carboxylic acids is 2. The second-order valence-electron chi connectivity index (χ2n) is 4.38. The van der Waals surface area contributed by atoms with Gasteiger partial charge in [-0.1, -0.05) is 0 Å². The van der Waals surface area contributed by atoms with Crippen LogP contribution in [0.15, 0.2) is 0 Å². The summed E-state index contributed by atoms with van der Waals surface area (Å²) in [6.45, 7) is 1.21. The smallest absolute Gasteiger partial charge is 0.321 e. The number of piperidine rings is 2. The van der Waals surface area contributed by atoms with Crippen molar-refractivity contribution in [2.75, 3.05) is 19.6 Å². The minimum atomic E-state index is -0.900. The van der Waals surface area contributed by atoms with E-state index in [4.69, 9.17) is 10.2 Å². The Morgan fingerprint density at radius 3 is 2.60 bits per heavy atom. The lowest BCUT2D eigenvalue weighted by atomic mass is 9.70. The maximum Gasteiger partial charge on any atom is 0.321 e. The van der Waals surface area contributed by atoms with E-state index in [1.165, 1.54) is 0 Å². The zero-order valence-electron chi connectivity index (χ0n) is 8.19. The Balaban J connectivity index is 2.18. The molecule has 0 aromatic carbocycles. The molecule has 2 rings (SSSR count). The second-order valence-corrected chi connectivity index (χ2v) is 4.38. The Kier molecular flexibility index (Phi) is 2.40. The molecule has 0 aliphatic carbocycles. The highest BCUT2D eigenvalue weighted by atomic mass is 16.4. The van der Waals surface area contributed by atoms with Gasteiger partial charge in [-0.3, -0.25) is 9.59 Å². The molecule has 0 spiro atoms. The summed E-state index contributed by atoms with van der Waals surface area (Å²) >= 11 is 0. The van der Waals surface area contributed by atoms with Crippen molar-refractivity contribution < 1.29 is 19.8 Å². The van der Waals surface area contributed by atoms with Crippen LogP contribution in [-0.2, 0) is 9.59 Å². The van der Waals surface area contributed by atoms with Crippen LogP contribution in [0.4, 0.5) is 0 Å². The molecule has 6 heteroatoms. The van der Waals surface area contributed by atoms with E-state index in [0.29, 0.717) is 19.5 Å². The Hall–Kier alpha value is -1.14. The van der Waals surface area contributed by atoms with Crippen molar-refractivity contribution in [1.29, 1.82) is 0 Å². The Bertz CT molecular complexity index is 306. The number of hydrogen-bond donors (Lipinski definition) is 4. The van der Waals surface area contributed by atoms with Crippen LogP contribution in [0.3, 0.4) is 0 Å². The molecule has 3 atom stereocenters. The van der Waals surface area contributed by atoms with E-state index in [1.807, 2.05) is 0 Å². The predicted octanol–water partition coefficient (Wildman–Crippen LogP) is -1.28. The average molecular weight is 214 g/mol. The molecule has 84 valence electrons. The molecule has 3 unspecified atom stereocenters. The van der Waals surface area contributed by atoms with Gasteiger partial charge in [0, 0.05) is 19.6 Å². The first kappa shape index (κ1) is 10.4. The van der Waals surface area contributed by atoms with Crippen LogP contribution in [-0.4, -0.2) is 47.8 Å². The number of nitrogens with one attached hydrogen (secondary N) is 2. The first-order valence-corrected chi connectivity index (χ1v) is 4.95. The Morgan fingerprint density at radius 1 is 1.27 bits per heavy atom. The topological polar surface area (TPSA) is 98.7 Å². The van der Waals surface area contributed by atoms with Crippen molar-refractivity contribution >= 4 is 11.9 Å². The molecule has 15 heavy (non-hydrogen) atoms. The van der Waals surface area contributed by atoms with E-state index in [9.17, 15) is 9.59 Å². The molecule has 2 bridgehead atoms. The summed E-state index contributed by atoms with van der Waals surface area (Å²) in [4.78, 5) is 22.0. The standard InChI is InChI=1S/C9H14N2O4/c12-7(13)6-5-1-9(4-11-6,8(14)15)3-10-2-5/h5-6,10-11H,1-4H2,(H,12,13)(H,14,15). The number of hydrogen-bond acceptors (Lipinski definition) is 4. The highest BCUT2D eigenvalue weighted by molar-refractivity contribution is 5.78. The maximum atomic E-state index is 11.1. The van der Waals surface area contributed by atoms with Gasteiger partial charge in [0.05, 0.1) is 5.41 Å². The van der Waals surface area contributed by atoms with Crippen molar-refractivity contribution in [3.63, 3.8) is 0 Å². The summed E-state index contributed by atoms with van der Waals surface area (Å²) < 4.78 is 0. The van der Waals surface area contributed by atoms with Gasteiger partial charge >= 0.3 is 11.9 Å². The number of rotatable bonds is 2.